The summed E-state index contributed by atoms with van der Waals surface area (Å²) in [6.07, 6.45) is 2.30. The fraction of sp³-hybridized carbons (Fsp3) is 0.500. The van der Waals surface area contributed by atoms with Crippen molar-refractivity contribution in [2.24, 2.45) is 5.92 Å². The number of anilines is 1. The summed E-state index contributed by atoms with van der Waals surface area (Å²) in [5.41, 5.74) is 0.0397. The molecular weight excluding hydrogens is 256 g/mol. The Morgan fingerprint density at radius 2 is 2.39 bits per heavy atom. The molecule has 0 aromatic carbocycles. The van der Waals surface area contributed by atoms with E-state index in [9.17, 15) is 9.90 Å². The van der Waals surface area contributed by atoms with E-state index in [1.54, 1.807) is 0 Å². The average Bonchev–Trinajstić information content (AvgIpc) is 2.70. The third-order valence-corrected chi connectivity index (χ3v) is 3.74. The molecule has 2 rings (SSSR count). The summed E-state index contributed by atoms with van der Waals surface area (Å²) in [5, 5.41) is 18.5. The van der Waals surface area contributed by atoms with Gasteiger partial charge in [0.15, 0.2) is 0 Å². The highest BCUT2D eigenvalue weighted by molar-refractivity contribution is 6.33. The molecule has 2 heterocycles. The van der Waals surface area contributed by atoms with E-state index in [4.69, 9.17) is 16.7 Å². The molecule has 2 N–H and O–H groups in total. The predicted octanol–water partition coefficient (Wildman–Crippen LogP) is 1.64. The highest BCUT2D eigenvalue weighted by atomic mass is 35.5. The van der Waals surface area contributed by atoms with E-state index < -0.39 is 5.97 Å². The number of nitrogens with zero attached hydrogens (tertiary/aromatic N) is 2. The van der Waals surface area contributed by atoms with Gasteiger partial charge in [0, 0.05) is 12.7 Å². The summed E-state index contributed by atoms with van der Waals surface area (Å²) in [5.74, 6) is -0.155. The maximum atomic E-state index is 11.0. The van der Waals surface area contributed by atoms with E-state index in [0.29, 0.717) is 11.7 Å². The number of carboxylic acid groups (broad SMARTS) is 1. The van der Waals surface area contributed by atoms with Crippen LogP contribution in [0.1, 0.15) is 23.7 Å². The van der Waals surface area contributed by atoms with Crippen LogP contribution in [-0.2, 0) is 0 Å². The molecular formula is C12H15ClN2O3. The molecule has 0 spiro atoms. The molecule has 18 heavy (non-hydrogen) atoms. The van der Waals surface area contributed by atoms with E-state index in [0.717, 1.165) is 13.0 Å². The summed E-state index contributed by atoms with van der Waals surface area (Å²) < 4.78 is 0. The third kappa shape index (κ3) is 2.28. The lowest BCUT2D eigenvalue weighted by Gasteiger charge is -2.26. The first-order chi connectivity index (χ1) is 8.54. The van der Waals surface area contributed by atoms with Gasteiger partial charge in [-0.15, -0.1) is 0 Å². The Bertz CT molecular complexity index is 467. The molecule has 0 radical (unpaired) electrons. The highest BCUT2D eigenvalue weighted by Gasteiger charge is 2.31. The zero-order valence-corrected chi connectivity index (χ0v) is 10.8. The Labute approximate surface area is 110 Å². The number of aliphatic hydroxyl groups is 1. The molecule has 0 amide bonds. The smallest absolute Gasteiger partial charge is 0.337 e. The van der Waals surface area contributed by atoms with Crippen LogP contribution >= 0.6 is 11.6 Å². The number of pyridine rings is 1. The molecule has 1 saturated heterocycles. The topological polar surface area (TPSA) is 73.7 Å². The van der Waals surface area contributed by atoms with E-state index in [1.165, 1.54) is 12.3 Å². The Morgan fingerprint density at radius 1 is 1.67 bits per heavy atom. The number of aromatic nitrogens is 1. The number of hydrogen-bond donors (Lipinski definition) is 2. The van der Waals surface area contributed by atoms with Gasteiger partial charge in [-0.1, -0.05) is 18.5 Å². The SMILES string of the molecule is CC1CCN(c2cc(C(=O)O)c(Cl)cn2)C1CO. The van der Waals surface area contributed by atoms with Crippen LogP contribution in [-0.4, -0.2) is 40.4 Å². The number of aliphatic hydroxyl groups excluding tert-OH is 1. The van der Waals surface area contributed by atoms with Gasteiger partial charge in [0.1, 0.15) is 5.82 Å². The molecule has 0 aliphatic carbocycles. The fourth-order valence-corrected chi connectivity index (χ4v) is 2.50. The Kier molecular flexibility index (Phi) is 3.73. The van der Waals surface area contributed by atoms with Crippen LogP contribution in [0.25, 0.3) is 0 Å². The summed E-state index contributed by atoms with van der Waals surface area (Å²) in [6.45, 7) is 2.86. The maximum absolute atomic E-state index is 11.0. The minimum Gasteiger partial charge on any atom is -0.478 e. The molecule has 2 unspecified atom stereocenters. The van der Waals surface area contributed by atoms with Gasteiger partial charge in [0.2, 0.25) is 0 Å². The first-order valence-corrected chi connectivity index (χ1v) is 6.18. The van der Waals surface area contributed by atoms with Crippen molar-refractivity contribution in [1.29, 1.82) is 0 Å². The van der Waals surface area contributed by atoms with Crippen molar-refractivity contribution < 1.29 is 15.0 Å². The van der Waals surface area contributed by atoms with Crippen molar-refractivity contribution in [1.82, 2.24) is 4.98 Å². The molecule has 1 aliphatic heterocycles. The van der Waals surface area contributed by atoms with Crippen molar-refractivity contribution in [2.45, 2.75) is 19.4 Å². The molecule has 1 aromatic heterocycles. The lowest BCUT2D eigenvalue weighted by atomic mass is 10.0. The number of aromatic carboxylic acids is 1. The number of halogens is 1. The Balaban J connectivity index is 2.34. The third-order valence-electron chi connectivity index (χ3n) is 3.44. The normalized spacial score (nSPS) is 23.4. The highest BCUT2D eigenvalue weighted by Crippen LogP contribution is 2.29. The lowest BCUT2D eigenvalue weighted by Crippen LogP contribution is -2.35. The number of carboxylic acids is 1. The molecule has 0 bridgehead atoms. The van der Waals surface area contributed by atoms with Gasteiger partial charge in [-0.05, 0) is 18.4 Å². The largest absolute Gasteiger partial charge is 0.478 e. The standard InChI is InChI=1S/C12H15ClN2O3/c1-7-2-3-15(10(7)6-16)11-4-8(12(17)18)9(13)5-14-11/h4-5,7,10,16H,2-3,6H2,1H3,(H,17,18). The fourth-order valence-electron chi connectivity index (χ4n) is 2.32. The maximum Gasteiger partial charge on any atom is 0.337 e. The molecule has 2 atom stereocenters. The van der Waals surface area contributed by atoms with Gasteiger partial charge in [-0.2, -0.15) is 0 Å². The second-order valence-electron chi connectivity index (χ2n) is 4.54. The minimum absolute atomic E-state index is 0.0136. The quantitative estimate of drug-likeness (QED) is 0.873. The Morgan fingerprint density at radius 3 is 3.00 bits per heavy atom. The molecule has 1 fully saturated rings. The van der Waals surface area contributed by atoms with Crippen LogP contribution in [0.3, 0.4) is 0 Å². The van der Waals surface area contributed by atoms with E-state index in [1.807, 2.05) is 4.90 Å². The van der Waals surface area contributed by atoms with Crippen molar-refractivity contribution in [3.63, 3.8) is 0 Å². The summed E-state index contributed by atoms with van der Waals surface area (Å²) in [7, 11) is 0. The zero-order chi connectivity index (χ0) is 13.3. The number of hydrogen-bond acceptors (Lipinski definition) is 4. The lowest BCUT2D eigenvalue weighted by molar-refractivity contribution is 0.0697. The van der Waals surface area contributed by atoms with Crippen LogP contribution in [0.2, 0.25) is 5.02 Å². The first-order valence-electron chi connectivity index (χ1n) is 5.81. The van der Waals surface area contributed by atoms with Gasteiger partial charge in [0.25, 0.3) is 0 Å². The van der Waals surface area contributed by atoms with Crippen molar-refractivity contribution in [3.8, 4) is 0 Å². The summed E-state index contributed by atoms with van der Waals surface area (Å²) in [6, 6.07) is 1.45. The number of carbonyl (C=O) groups is 1. The van der Waals surface area contributed by atoms with Gasteiger partial charge in [-0.25, -0.2) is 9.78 Å². The summed E-state index contributed by atoms with van der Waals surface area (Å²) in [4.78, 5) is 17.1. The molecule has 1 aromatic rings. The monoisotopic (exact) mass is 270 g/mol. The zero-order valence-electron chi connectivity index (χ0n) is 10.0. The summed E-state index contributed by atoms with van der Waals surface area (Å²) >= 11 is 5.79. The van der Waals surface area contributed by atoms with E-state index in [-0.39, 0.29) is 23.2 Å². The molecule has 0 saturated carbocycles. The molecule has 1 aliphatic rings. The average molecular weight is 271 g/mol. The van der Waals surface area contributed by atoms with Gasteiger partial charge < -0.3 is 15.1 Å². The van der Waals surface area contributed by atoms with Crippen molar-refractivity contribution in [2.75, 3.05) is 18.1 Å². The van der Waals surface area contributed by atoms with E-state index >= 15 is 0 Å². The van der Waals surface area contributed by atoms with Crippen molar-refractivity contribution in [3.05, 3.63) is 22.8 Å². The van der Waals surface area contributed by atoms with Crippen LogP contribution in [0.15, 0.2) is 12.3 Å². The second-order valence-corrected chi connectivity index (χ2v) is 4.94. The van der Waals surface area contributed by atoms with Crippen LogP contribution in [0.5, 0.6) is 0 Å². The minimum atomic E-state index is -1.07. The van der Waals surface area contributed by atoms with Crippen molar-refractivity contribution >= 4 is 23.4 Å². The molecule has 98 valence electrons. The molecule has 5 nitrogen and oxygen atoms in total. The van der Waals surface area contributed by atoms with Gasteiger partial charge >= 0.3 is 5.97 Å². The van der Waals surface area contributed by atoms with Gasteiger partial charge in [0.05, 0.1) is 23.2 Å². The van der Waals surface area contributed by atoms with E-state index in [2.05, 4.69) is 11.9 Å². The Hall–Kier alpha value is -1.33. The van der Waals surface area contributed by atoms with Crippen LogP contribution < -0.4 is 4.90 Å². The number of rotatable bonds is 3. The van der Waals surface area contributed by atoms with Gasteiger partial charge in [-0.3, -0.25) is 0 Å². The first kappa shape index (κ1) is 13.1. The second kappa shape index (κ2) is 5.12. The van der Waals surface area contributed by atoms with Crippen LogP contribution in [0.4, 0.5) is 5.82 Å². The van der Waals surface area contributed by atoms with Crippen LogP contribution in [0, 0.1) is 5.92 Å². The molecule has 6 heteroatoms. The predicted molar refractivity (Wildman–Crippen MR) is 68.2 cm³/mol.